The summed E-state index contributed by atoms with van der Waals surface area (Å²) in [5.41, 5.74) is 0. The van der Waals surface area contributed by atoms with Crippen LogP contribution in [0, 0.1) is 0 Å². The Labute approximate surface area is 142 Å². The summed E-state index contributed by atoms with van der Waals surface area (Å²) in [7, 11) is 1.64. The van der Waals surface area contributed by atoms with Crippen LogP contribution in [0.15, 0.2) is 24.3 Å². The summed E-state index contributed by atoms with van der Waals surface area (Å²) >= 11 is 0. The van der Waals surface area contributed by atoms with Crippen LogP contribution in [0.1, 0.15) is 50.2 Å². The molecule has 0 spiro atoms. The highest BCUT2D eigenvalue weighted by atomic mass is 16.5. The van der Waals surface area contributed by atoms with E-state index in [0.29, 0.717) is 31.3 Å². The van der Waals surface area contributed by atoms with Crippen molar-refractivity contribution < 1.29 is 14.6 Å². The number of nitrogens with zero attached hydrogens (tertiary/aromatic N) is 3. The fourth-order valence-corrected chi connectivity index (χ4v) is 2.72. The smallest absolute Gasteiger partial charge is 0.188 e. The van der Waals surface area contributed by atoms with Crippen LogP contribution in [0.2, 0.25) is 0 Å². The lowest BCUT2D eigenvalue weighted by atomic mass is 9.85. The van der Waals surface area contributed by atoms with Gasteiger partial charge in [-0.3, -0.25) is 0 Å². The largest absolute Gasteiger partial charge is 0.497 e. The van der Waals surface area contributed by atoms with Crippen molar-refractivity contribution in [2.75, 3.05) is 7.11 Å². The number of rotatable bonds is 8. The topological polar surface area (TPSA) is 69.4 Å². The highest BCUT2D eigenvalue weighted by molar-refractivity contribution is 5.31. The lowest BCUT2D eigenvalue weighted by Gasteiger charge is -2.25. The minimum Gasteiger partial charge on any atom is -0.497 e. The zero-order chi connectivity index (χ0) is 16.9. The Kier molecular flexibility index (Phi) is 5.35. The normalized spacial score (nSPS) is 15.8. The zero-order valence-electron chi connectivity index (χ0n) is 14.3. The summed E-state index contributed by atoms with van der Waals surface area (Å²) in [6.07, 6.45) is 3.87. The molecule has 2 aromatic rings. The van der Waals surface area contributed by atoms with Crippen molar-refractivity contribution in [3.05, 3.63) is 35.9 Å². The number of hydrogen-bond acceptors (Lipinski definition) is 5. The molecule has 1 fully saturated rings. The summed E-state index contributed by atoms with van der Waals surface area (Å²) < 4.78 is 12.8. The van der Waals surface area contributed by atoms with E-state index >= 15 is 0 Å². The number of methoxy groups -OCH3 is 1. The SMILES string of the molecule is CCC(O)Cn1nc(COc2ccc(OC)cc2)nc1C1CCC1. The molecule has 1 aliphatic carbocycles. The maximum atomic E-state index is 9.94. The molecule has 1 aromatic carbocycles. The van der Waals surface area contributed by atoms with Crippen LogP contribution in [0.25, 0.3) is 0 Å². The van der Waals surface area contributed by atoms with Gasteiger partial charge in [-0.25, -0.2) is 9.67 Å². The van der Waals surface area contributed by atoms with E-state index in [0.717, 1.165) is 30.2 Å². The van der Waals surface area contributed by atoms with E-state index in [1.807, 2.05) is 35.9 Å². The van der Waals surface area contributed by atoms with Crippen LogP contribution in [0.3, 0.4) is 0 Å². The van der Waals surface area contributed by atoms with Gasteiger partial charge in [0.1, 0.15) is 23.9 Å². The predicted octanol–water partition coefficient (Wildman–Crippen LogP) is 2.90. The second-order valence-corrected chi connectivity index (χ2v) is 6.22. The van der Waals surface area contributed by atoms with Gasteiger partial charge in [-0.15, -0.1) is 0 Å². The van der Waals surface area contributed by atoms with Gasteiger partial charge in [0.2, 0.25) is 0 Å². The highest BCUT2D eigenvalue weighted by Crippen LogP contribution is 2.35. The summed E-state index contributed by atoms with van der Waals surface area (Å²) in [5, 5.41) is 14.5. The van der Waals surface area contributed by atoms with Crippen LogP contribution in [-0.4, -0.2) is 33.1 Å². The predicted molar refractivity (Wildman–Crippen MR) is 90.2 cm³/mol. The Hall–Kier alpha value is -2.08. The fourth-order valence-electron chi connectivity index (χ4n) is 2.72. The first kappa shape index (κ1) is 16.8. The molecule has 6 heteroatoms. The van der Waals surface area contributed by atoms with Crippen molar-refractivity contribution in [3.8, 4) is 11.5 Å². The van der Waals surface area contributed by atoms with Crippen LogP contribution >= 0.6 is 0 Å². The molecule has 1 unspecified atom stereocenters. The Morgan fingerprint density at radius 2 is 1.96 bits per heavy atom. The molecule has 1 aliphatic rings. The second kappa shape index (κ2) is 7.66. The van der Waals surface area contributed by atoms with Crippen LogP contribution in [0.5, 0.6) is 11.5 Å². The molecule has 1 heterocycles. The molecule has 1 aromatic heterocycles. The van der Waals surface area contributed by atoms with E-state index in [1.165, 1.54) is 6.42 Å². The van der Waals surface area contributed by atoms with Gasteiger partial charge in [0.05, 0.1) is 19.8 Å². The van der Waals surface area contributed by atoms with E-state index in [4.69, 9.17) is 9.47 Å². The molecule has 0 radical (unpaired) electrons. The van der Waals surface area contributed by atoms with Crippen molar-refractivity contribution in [2.24, 2.45) is 0 Å². The summed E-state index contributed by atoms with van der Waals surface area (Å²) in [4.78, 5) is 4.66. The molecule has 6 nitrogen and oxygen atoms in total. The standard InChI is InChI=1S/C18H25N3O3/c1-3-14(22)11-21-18(13-5-4-6-13)19-17(20-21)12-24-16-9-7-15(23-2)8-10-16/h7-10,13-14,22H,3-6,11-12H2,1-2H3. The average molecular weight is 331 g/mol. The first-order valence-corrected chi connectivity index (χ1v) is 8.58. The molecule has 24 heavy (non-hydrogen) atoms. The monoisotopic (exact) mass is 331 g/mol. The second-order valence-electron chi connectivity index (χ2n) is 6.22. The molecule has 1 atom stereocenters. The lowest BCUT2D eigenvalue weighted by molar-refractivity contribution is 0.141. The van der Waals surface area contributed by atoms with Crippen molar-refractivity contribution in [1.82, 2.24) is 14.8 Å². The molecule has 0 amide bonds. The van der Waals surface area contributed by atoms with Gasteiger partial charge in [-0.2, -0.15) is 5.10 Å². The molecule has 1 N–H and O–H groups in total. The van der Waals surface area contributed by atoms with Crippen LogP contribution in [0.4, 0.5) is 0 Å². The van der Waals surface area contributed by atoms with Gasteiger partial charge >= 0.3 is 0 Å². The Morgan fingerprint density at radius 1 is 1.25 bits per heavy atom. The minimum atomic E-state index is -0.388. The van der Waals surface area contributed by atoms with Gasteiger partial charge in [-0.05, 0) is 43.5 Å². The third-order valence-electron chi connectivity index (χ3n) is 4.50. The quantitative estimate of drug-likeness (QED) is 0.805. The van der Waals surface area contributed by atoms with Gasteiger partial charge < -0.3 is 14.6 Å². The number of aliphatic hydroxyl groups is 1. The van der Waals surface area contributed by atoms with Crippen molar-refractivity contribution in [2.45, 2.75) is 57.8 Å². The van der Waals surface area contributed by atoms with E-state index in [2.05, 4.69) is 10.1 Å². The minimum absolute atomic E-state index is 0.321. The Morgan fingerprint density at radius 3 is 2.54 bits per heavy atom. The van der Waals surface area contributed by atoms with E-state index < -0.39 is 0 Å². The summed E-state index contributed by atoms with van der Waals surface area (Å²) in [5.74, 6) is 3.67. The average Bonchev–Trinajstić information content (AvgIpc) is 2.94. The van der Waals surface area contributed by atoms with Gasteiger partial charge in [0.25, 0.3) is 0 Å². The summed E-state index contributed by atoms with van der Waals surface area (Å²) in [6.45, 7) is 2.79. The molecule has 130 valence electrons. The van der Waals surface area contributed by atoms with Gasteiger partial charge in [0, 0.05) is 5.92 Å². The third kappa shape index (κ3) is 3.87. The molecule has 0 bridgehead atoms. The van der Waals surface area contributed by atoms with Gasteiger partial charge in [-0.1, -0.05) is 13.3 Å². The number of aliphatic hydroxyl groups excluding tert-OH is 1. The van der Waals surface area contributed by atoms with Crippen molar-refractivity contribution in [3.63, 3.8) is 0 Å². The molecule has 1 saturated carbocycles. The summed E-state index contributed by atoms with van der Waals surface area (Å²) in [6, 6.07) is 7.45. The fraction of sp³-hybridized carbons (Fsp3) is 0.556. The maximum Gasteiger partial charge on any atom is 0.188 e. The molecule has 0 aliphatic heterocycles. The van der Waals surface area contributed by atoms with E-state index in [1.54, 1.807) is 7.11 Å². The van der Waals surface area contributed by atoms with E-state index in [-0.39, 0.29) is 6.10 Å². The highest BCUT2D eigenvalue weighted by Gasteiger charge is 2.26. The molecular formula is C18H25N3O3. The number of ether oxygens (including phenoxy) is 2. The first-order valence-electron chi connectivity index (χ1n) is 8.58. The van der Waals surface area contributed by atoms with Crippen LogP contribution < -0.4 is 9.47 Å². The Balaban J connectivity index is 1.67. The van der Waals surface area contributed by atoms with Crippen molar-refractivity contribution in [1.29, 1.82) is 0 Å². The Bertz CT molecular complexity index is 650. The maximum absolute atomic E-state index is 9.94. The third-order valence-corrected chi connectivity index (χ3v) is 4.50. The molecule has 3 rings (SSSR count). The number of aromatic nitrogens is 3. The van der Waals surface area contributed by atoms with E-state index in [9.17, 15) is 5.11 Å². The van der Waals surface area contributed by atoms with Gasteiger partial charge in [0.15, 0.2) is 5.82 Å². The number of benzene rings is 1. The van der Waals surface area contributed by atoms with Crippen LogP contribution in [-0.2, 0) is 13.2 Å². The van der Waals surface area contributed by atoms with Crippen molar-refractivity contribution >= 4 is 0 Å². The zero-order valence-corrected chi connectivity index (χ0v) is 14.3. The molecule has 0 saturated heterocycles. The number of hydrogen-bond donors (Lipinski definition) is 1. The first-order chi connectivity index (χ1) is 11.7. The lowest BCUT2D eigenvalue weighted by Crippen LogP contribution is -2.22. The molecular weight excluding hydrogens is 306 g/mol.